The minimum absolute atomic E-state index is 0.122. The summed E-state index contributed by atoms with van der Waals surface area (Å²) in [5.74, 6) is -0.370. The van der Waals surface area contributed by atoms with Gasteiger partial charge >= 0.3 is 0 Å². The maximum absolute atomic E-state index is 12.7. The van der Waals surface area contributed by atoms with Crippen molar-refractivity contribution in [1.29, 1.82) is 0 Å². The number of nitrogens with two attached hydrogens (primary N) is 2. The lowest BCUT2D eigenvalue weighted by molar-refractivity contribution is 0.0762. The number of carbonyl (C=O) groups is 1. The second kappa shape index (κ2) is 8.75. The van der Waals surface area contributed by atoms with Crippen LogP contribution in [0.5, 0.6) is 0 Å². The fourth-order valence-electron chi connectivity index (χ4n) is 2.54. The molecule has 25 heavy (non-hydrogen) atoms. The Balaban J connectivity index is 2.05. The monoisotopic (exact) mass is 361 g/mol. The largest absolute Gasteiger partial charge is 0.337 e. The number of rotatable bonds is 8. The van der Waals surface area contributed by atoms with Crippen LogP contribution in [0.15, 0.2) is 54.6 Å². The molecule has 0 aliphatic heterocycles. The van der Waals surface area contributed by atoms with Crippen LogP contribution in [-0.4, -0.2) is 38.9 Å². The van der Waals surface area contributed by atoms with Gasteiger partial charge in [0, 0.05) is 25.2 Å². The van der Waals surface area contributed by atoms with E-state index in [4.69, 9.17) is 10.9 Å². The highest BCUT2D eigenvalue weighted by molar-refractivity contribution is 7.88. The van der Waals surface area contributed by atoms with Crippen molar-refractivity contribution in [3.05, 3.63) is 71.3 Å². The number of primary sulfonamides is 1. The van der Waals surface area contributed by atoms with Gasteiger partial charge in [0.1, 0.15) is 0 Å². The number of benzene rings is 2. The number of carbonyl (C=O) groups excluding carboxylic acids is 1. The topological polar surface area (TPSA) is 106 Å². The summed E-state index contributed by atoms with van der Waals surface area (Å²) in [6, 6.07) is 16.4. The maximum atomic E-state index is 12.7. The van der Waals surface area contributed by atoms with Gasteiger partial charge in [0.2, 0.25) is 10.0 Å². The van der Waals surface area contributed by atoms with E-state index in [1.807, 2.05) is 30.3 Å². The predicted molar refractivity (Wildman–Crippen MR) is 98.4 cm³/mol. The number of amides is 1. The summed E-state index contributed by atoms with van der Waals surface area (Å²) in [7, 11) is -3.59. The molecule has 2 aromatic carbocycles. The molecule has 0 heterocycles. The highest BCUT2D eigenvalue weighted by atomic mass is 32.2. The predicted octanol–water partition coefficient (Wildman–Crippen LogP) is 1.12. The molecule has 0 radical (unpaired) electrons. The summed E-state index contributed by atoms with van der Waals surface area (Å²) in [4.78, 5) is 14.4. The van der Waals surface area contributed by atoms with Crippen molar-refractivity contribution >= 4 is 15.9 Å². The molecule has 0 atom stereocenters. The molecule has 0 spiro atoms. The summed E-state index contributed by atoms with van der Waals surface area (Å²) in [5, 5.41) is 5.03. The van der Waals surface area contributed by atoms with E-state index in [-0.39, 0.29) is 11.7 Å². The third-order valence-corrected chi connectivity index (χ3v) is 4.50. The van der Waals surface area contributed by atoms with E-state index in [1.54, 1.807) is 29.2 Å². The van der Waals surface area contributed by atoms with Crippen LogP contribution in [0.2, 0.25) is 0 Å². The van der Waals surface area contributed by atoms with Crippen molar-refractivity contribution in [3.63, 3.8) is 0 Å². The van der Waals surface area contributed by atoms with Gasteiger partial charge in [0.25, 0.3) is 5.91 Å². The van der Waals surface area contributed by atoms with Crippen LogP contribution in [0.25, 0.3) is 0 Å². The molecule has 0 bridgehead atoms. The van der Waals surface area contributed by atoms with Crippen LogP contribution in [-0.2, 0) is 22.2 Å². The normalized spacial score (nSPS) is 11.3. The van der Waals surface area contributed by atoms with Crippen molar-refractivity contribution in [2.45, 2.75) is 12.2 Å². The second-order valence-corrected chi connectivity index (χ2v) is 7.43. The highest BCUT2D eigenvalue weighted by Gasteiger charge is 2.15. The smallest absolute Gasteiger partial charge is 0.253 e. The molecule has 0 fully saturated rings. The van der Waals surface area contributed by atoms with E-state index in [9.17, 15) is 13.2 Å². The number of hydrogen-bond acceptors (Lipinski definition) is 4. The maximum Gasteiger partial charge on any atom is 0.253 e. The molecule has 7 heteroatoms. The Labute approximate surface area is 148 Å². The molecular weight excluding hydrogens is 338 g/mol. The first kappa shape index (κ1) is 19.1. The minimum atomic E-state index is -3.59. The number of hydrogen-bond donors (Lipinski definition) is 2. The zero-order valence-corrected chi connectivity index (χ0v) is 14.8. The first-order valence-corrected chi connectivity index (χ1v) is 9.73. The Kier molecular flexibility index (Phi) is 6.69. The highest BCUT2D eigenvalue weighted by Crippen LogP contribution is 2.11. The molecule has 134 valence electrons. The Morgan fingerprint density at radius 3 is 2.12 bits per heavy atom. The van der Waals surface area contributed by atoms with Crippen LogP contribution in [0.1, 0.15) is 21.5 Å². The molecule has 0 saturated carbocycles. The lowest BCUT2D eigenvalue weighted by Crippen LogP contribution is -2.37. The van der Waals surface area contributed by atoms with Gasteiger partial charge in [-0.15, -0.1) is 0 Å². The van der Waals surface area contributed by atoms with E-state index in [0.29, 0.717) is 30.8 Å². The van der Waals surface area contributed by atoms with Crippen molar-refractivity contribution in [2.24, 2.45) is 10.9 Å². The van der Waals surface area contributed by atoms with Gasteiger partial charge in [-0.1, -0.05) is 42.5 Å². The average Bonchev–Trinajstić information content (AvgIpc) is 2.58. The fourth-order valence-corrected chi connectivity index (χ4v) is 3.19. The Morgan fingerprint density at radius 2 is 1.56 bits per heavy atom. The van der Waals surface area contributed by atoms with Gasteiger partial charge in [-0.3, -0.25) is 4.79 Å². The van der Waals surface area contributed by atoms with E-state index in [0.717, 1.165) is 12.0 Å². The van der Waals surface area contributed by atoms with Crippen molar-refractivity contribution < 1.29 is 13.2 Å². The zero-order valence-electron chi connectivity index (χ0n) is 14.0. The molecule has 0 aliphatic carbocycles. The zero-order chi connectivity index (χ0) is 18.3. The summed E-state index contributed by atoms with van der Waals surface area (Å²) in [5.41, 5.74) is 7.84. The SMILES string of the molecule is NCCN(CCc1ccccc1)C(=O)c1ccc(CS(N)(=O)=O)cc1. The van der Waals surface area contributed by atoms with Crippen LogP contribution < -0.4 is 10.9 Å². The lowest BCUT2D eigenvalue weighted by atomic mass is 10.1. The summed E-state index contributed by atoms with van der Waals surface area (Å²) < 4.78 is 22.2. The number of sulfonamides is 1. The van der Waals surface area contributed by atoms with Gasteiger partial charge in [-0.05, 0) is 29.7 Å². The van der Waals surface area contributed by atoms with Crippen LogP contribution in [0.4, 0.5) is 0 Å². The molecule has 4 N–H and O–H groups in total. The fraction of sp³-hybridized carbons (Fsp3) is 0.278. The van der Waals surface area contributed by atoms with Gasteiger partial charge < -0.3 is 10.6 Å². The number of nitrogens with zero attached hydrogens (tertiary/aromatic N) is 1. The first-order chi connectivity index (χ1) is 11.9. The van der Waals surface area contributed by atoms with Crippen molar-refractivity contribution in [1.82, 2.24) is 4.90 Å². The molecule has 0 unspecified atom stereocenters. The van der Waals surface area contributed by atoms with Gasteiger partial charge in [-0.25, -0.2) is 13.6 Å². The molecule has 0 aromatic heterocycles. The molecule has 6 nitrogen and oxygen atoms in total. The van der Waals surface area contributed by atoms with Gasteiger partial charge in [-0.2, -0.15) is 0 Å². The lowest BCUT2D eigenvalue weighted by Gasteiger charge is -2.22. The quantitative estimate of drug-likeness (QED) is 0.735. The van der Waals surface area contributed by atoms with Crippen molar-refractivity contribution in [3.8, 4) is 0 Å². The van der Waals surface area contributed by atoms with Crippen LogP contribution >= 0.6 is 0 Å². The van der Waals surface area contributed by atoms with E-state index < -0.39 is 10.0 Å². The Morgan fingerprint density at radius 1 is 0.920 bits per heavy atom. The van der Waals surface area contributed by atoms with E-state index >= 15 is 0 Å². The molecule has 1 amide bonds. The first-order valence-electron chi connectivity index (χ1n) is 8.02. The molecule has 2 rings (SSSR count). The Bertz CT molecular complexity index is 790. The average molecular weight is 361 g/mol. The summed E-state index contributed by atoms with van der Waals surface area (Å²) in [6.07, 6.45) is 0.746. The molecule has 0 saturated heterocycles. The summed E-state index contributed by atoms with van der Waals surface area (Å²) >= 11 is 0. The van der Waals surface area contributed by atoms with Gasteiger partial charge in [0.15, 0.2) is 0 Å². The van der Waals surface area contributed by atoms with E-state index in [1.165, 1.54) is 0 Å². The standard InChI is InChI=1S/C18H23N3O3S/c19-11-13-21(12-10-15-4-2-1-3-5-15)18(22)17-8-6-16(7-9-17)14-25(20,23)24/h1-9H,10-14,19H2,(H2,20,23,24). The third-order valence-electron chi connectivity index (χ3n) is 3.77. The summed E-state index contributed by atoms with van der Waals surface area (Å²) in [6.45, 7) is 1.41. The Hall–Kier alpha value is -2.22. The van der Waals surface area contributed by atoms with E-state index in [2.05, 4.69) is 0 Å². The molecular formula is C18H23N3O3S. The van der Waals surface area contributed by atoms with Gasteiger partial charge in [0.05, 0.1) is 5.75 Å². The minimum Gasteiger partial charge on any atom is -0.337 e. The van der Waals surface area contributed by atoms with Crippen molar-refractivity contribution in [2.75, 3.05) is 19.6 Å². The molecule has 0 aliphatic rings. The third kappa shape index (κ3) is 6.30. The van der Waals surface area contributed by atoms with Crippen LogP contribution in [0.3, 0.4) is 0 Å². The molecule has 2 aromatic rings. The van der Waals surface area contributed by atoms with Crippen LogP contribution in [0, 0.1) is 0 Å². The second-order valence-electron chi connectivity index (χ2n) is 5.82.